The van der Waals surface area contributed by atoms with Crippen LogP contribution in [0.3, 0.4) is 0 Å². The number of carbonyl (C=O) groups is 1. The van der Waals surface area contributed by atoms with E-state index in [4.69, 9.17) is 11.5 Å². The number of unbranched alkanes of at least 4 members (excludes halogenated alkanes) is 2. The van der Waals surface area contributed by atoms with Crippen LogP contribution in [0.4, 0.5) is 0 Å². The first-order chi connectivity index (χ1) is 7.00. The molecular formula is C11H22N2O2. The molecule has 88 valence electrons. The number of carboxylic acid groups (broad SMARTS) is 1. The molecule has 1 unspecified atom stereocenters. The fraction of sp³-hybridized carbons (Fsp3) is 0.909. The quantitative estimate of drug-likeness (QED) is 0.577. The second kappa shape index (κ2) is 4.94. The largest absolute Gasteiger partial charge is 0.480 e. The molecule has 0 bridgehead atoms. The van der Waals surface area contributed by atoms with Crippen LogP contribution in [-0.4, -0.2) is 22.7 Å². The van der Waals surface area contributed by atoms with Gasteiger partial charge >= 0.3 is 5.97 Å². The zero-order valence-electron chi connectivity index (χ0n) is 9.41. The predicted molar refractivity (Wildman–Crippen MR) is 59.4 cm³/mol. The van der Waals surface area contributed by atoms with Gasteiger partial charge in [-0.3, -0.25) is 4.79 Å². The Kier molecular flexibility index (Phi) is 4.11. The van der Waals surface area contributed by atoms with Gasteiger partial charge in [-0.05, 0) is 25.2 Å². The summed E-state index contributed by atoms with van der Waals surface area (Å²) in [6.07, 6.45) is 5.12. The number of hydrogen-bond acceptors (Lipinski definition) is 3. The molecule has 15 heavy (non-hydrogen) atoms. The van der Waals surface area contributed by atoms with Gasteiger partial charge in [-0.15, -0.1) is 0 Å². The van der Waals surface area contributed by atoms with E-state index in [0.29, 0.717) is 6.42 Å². The van der Waals surface area contributed by atoms with E-state index in [-0.39, 0.29) is 12.0 Å². The lowest BCUT2D eigenvalue weighted by molar-refractivity contribution is -0.147. The van der Waals surface area contributed by atoms with Crippen molar-refractivity contribution in [3.63, 3.8) is 0 Å². The summed E-state index contributed by atoms with van der Waals surface area (Å²) in [5, 5.41) is 9.19. The third kappa shape index (κ3) is 2.69. The van der Waals surface area contributed by atoms with Gasteiger partial charge in [0.2, 0.25) is 0 Å². The average molecular weight is 214 g/mol. The normalized spacial score (nSPS) is 29.3. The highest BCUT2D eigenvalue weighted by Crippen LogP contribution is 2.37. The number of hydrogen-bond donors (Lipinski definition) is 3. The highest BCUT2D eigenvalue weighted by atomic mass is 16.4. The minimum Gasteiger partial charge on any atom is -0.480 e. The molecule has 0 radical (unpaired) electrons. The number of carboxylic acids is 1. The minimum atomic E-state index is -1.04. The standard InChI is InChI=1S/C11H22N2O2/c1-2-3-4-5-11(13,10(14)15)8-6-9(12)7-8/h8-9H,2-7,12-13H2,1H3,(H,14,15). The maximum atomic E-state index is 11.2. The van der Waals surface area contributed by atoms with Crippen LogP contribution in [-0.2, 0) is 4.79 Å². The van der Waals surface area contributed by atoms with Crippen molar-refractivity contribution < 1.29 is 9.90 Å². The van der Waals surface area contributed by atoms with Crippen molar-refractivity contribution in [3.05, 3.63) is 0 Å². The summed E-state index contributed by atoms with van der Waals surface area (Å²) in [5.74, 6) is -0.794. The van der Waals surface area contributed by atoms with E-state index in [2.05, 4.69) is 6.92 Å². The maximum absolute atomic E-state index is 11.2. The van der Waals surface area contributed by atoms with E-state index >= 15 is 0 Å². The van der Waals surface area contributed by atoms with Crippen molar-refractivity contribution in [2.45, 2.75) is 57.0 Å². The lowest BCUT2D eigenvalue weighted by atomic mass is 9.67. The Morgan fingerprint density at radius 2 is 2.07 bits per heavy atom. The van der Waals surface area contributed by atoms with Crippen LogP contribution in [0, 0.1) is 5.92 Å². The molecule has 4 heteroatoms. The fourth-order valence-corrected chi connectivity index (χ4v) is 2.24. The van der Waals surface area contributed by atoms with Crippen molar-refractivity contribution >= 4 is 5.97 Å². The highest BCUT2D eigenvalue weighted by molar-refractivity contribution is 5.79. The first kappa shape index (κ1) is 12.5. The molecule has 4 nitrogen and oxygen atoms in total. The summed E-state index contributed by atoms with van der Waals surface area (Å²) in [7, 11) is 0. The highest BCUT2D eigenvalue weighted by Gasteiger charge is 2.47. The van der Waals surface area contributed by atoms with E-state index in [1.807, 2.05) is 0 Å². The topological polar surface area (TPSA) is 89.3 Å². The Labute approximate surface area is 91.0 Å². The predicted octanol–water partition coefficient (Wildman–Crippen LogP) is 1.09. The van der Waals surface area contributed by atoms with Crippen molar-refractivity contribution in [1.82, 2.24) is 0 Å². The van der Waals surface area contributed by atoms with Crippen LogP contribution in [0.15, 0.2) is 0 Å². The SMILES string of the molecule is CCCCCC(N)(C(=O)O)C1CC(N)C1. The molecule has 0 aliphatic heterocycles. The maximum Gasteiger partial charge on any atom is 0.323 e. The second-order valence-corrected chi connectivity index (χ2v) is 4.73. The third-order valence-corrected chi connectivity index (χ3v) is 3.50. The van der Waals surface area contributed by atoms with Crippen LogP contribution in [0.2, 0.25) is 0 Å². The number of nitrogens with two attached hydrogens (primary N) is 2. The molecule has 1 saturated carbocycles. The van der Waals surface area contributed by atoms with Gasteiger partial charge in [0.25, 0.3) is 0 Å². The molecule has 0 aromatic rings. The molecule has 0 aromatic heterocycles. The molecule has 0 amide bonds. The molecule has 1 rings (SSSR count). The zero-order valence-corrected chi connectivity index (χ0v) is 9.41. The van der Waals surface area contributed by atoms with Crippen LogP contribution in [0.5, 0.6) is 0 Å². The Hall–Kier alpha value is -0.610. The zero-order chi connectivity index (χ0) is 11.5. The van der Waals surface area contributed by atoms with E-state index in [1.165, 1.54) is 0 Å². The van der Waals surface area contributed by atoms with E-state index in [0.717, 1.165) is 32.1 Å². The van der Waals surface area contributed by atoms with Crippen LogP contribution < -0.4 is 11.5 Å². The number of aliphatic carboxylic acids is 1. The summed E-state index contributed by atoms with van der Waals surface area (Å²) >= 11 is 0. The average Bonchev–Trinajstić information content (AvgIpc) is 2.13. The van der Waals surface area contributed by atoms with Crippen molar-refractivity contribution in [3.8, 4) is 0 Å². The molecule has 1 fully saturated rings. The lowest BCUT2D eigenvalue weighted by Gasteiger charge is -2.43. The smallest absolute Gasteiger partial charge is 0.323 e. The fourth-order valence-electron chi connectivity index (χ4n) is 2.24. The first-order valence-corrected chi connectivity index (χ1v) is 5.78. The summed E-state index contributed by atoms with van der Waals surface area (Å²) in [6.45, 7) is 2.10. The first-order valence-electron chi connectivity index (χ1n) is 5.78. The van der Waals surface area contributed by atoms with Crippen molar-refractivity contribution in [2.24, 2.45) is 17.4 Å². The minimum absolute atomic E-state index is 0.0712. The van der Waals surface area contributed by atoms with Crippen molar-refractivity contribution in [1.29, 1.82) is 0 Å². The Bertz CT molecular complexity index is 227. The molecule has 5 N–H and O–H groups in total. The van der Waals surface area contributed by atoms with Gasteiger partial charge in [0.15, 0.2) is 0 Å². The molecule has 1 atom stereocenters. The molecule has 0 heterocycles. The van der Waals surface area contributed by atoms with Gasteiger partial charge < -0.3 is 16.6 Å². The number of rotatable bonds is 6. The second-order valence-electron chi connectivity index (χ2n) is 4.73. The molecule has 0 aromatic carbocycles. The van der Waals surface area contributed by atoms with Gasteiger partial charge in [0, 0.05) is 6.04 Å². The molecule has 1 aliphatic carbocycles. The molecular weight excluding hydrogens is 192 g/mol. The van der Waals surface area contributed by atoms with Gasteiger partial charge in [-0.2, -0.15) is 0 Å². The third-order valence-electron chi connectivity index (χ3n) is 3.50. The van der Waals surface area contributed by atoms with E-state index in [9.17, 15) is 9.90 Å². The van der Waals surface area contributed by atoms with Crippen LogP contribution in [0.1, 0.15) is 45.4 Å². The summed E-state index contributed by atoms with van der Waals surface area (Å²) in [6, 6.07) is 0.156. The lowest BCUT2D eigenvalue weighted by Crippen LogP contribution is -2.60. The summed E-state index contributed by atoms with van der Waals surface area (Å²) < 4.78 is 0. The van der Waals surface area contributed by atoms with Gasteiger partial charge in [-0.25, -0.2) is 0 Å². The monoisotopic (exact) mass is 214 g/mol. The van der Waals surface area contributed by atoms with Crippen LogP contribution in [0.25, 0.3) is 0 Å². The Balaban J connectivity index is 2.50. The molecule has 0 spiro atoms. The Morgan fingerprint density at radius 3 is 2.47 bits per heavy atom. The van der Waals surface area contributed by atoms with Gasteiger partial charge in [0.05, 0.1) is 0 Å². The van der Waals surface area contributed by atoms with E-state index in [1.54, 1.807) is 0 Å². The summed E-state index contributed by atoms with van der Waals surface area (Å²) in [5.41, 5.74) is 10.6. The van der Waals surface area contributed by atoms with E-state index < -0.39 is 11.5 Å². The van der Waals surface area contributed by atoms with Crippen molar-refractivity contribution in [2.75, 3.05) is 0 Å². The summed E-state index contributed by atoms with van der Waals surface area (Å²) in [4.78, 5) is 11.2. The Morgan fingerprint density at radius 1 is 1.47 bits per heavy atom. The van der Waals surface area contributed by atoms with Gasteiger partial charge in [0.1, 0.15) is 5.54 Å². The van der Waals surface area contributed by atoms with Crippen LogP contribution >= 0.6 is 0 Å². The molecule has 0 saturated heterocycles. The molecule has 1 aliphatic rings. The van der Waals surface area contributed by atoms with Gasteiger partial charge in [-0.1, -0.05) is 26.2 Å².